The Morgan fingerprint density at radius 1 is 1.55 bits per heavy atom. The standard InChI is InChI=1S/C9H17NO/c1-7(2)10-5-8-3-9(10,4-8)6-11/h7-8,11H,3-6H2,1-2H3. The molecule has 3 rings (SSSR count). The van der Waals surface area contributed by atoms with E-state index in [-0.39, 0.29) is 5.54 Å². The van der Waals surface area contributed by atoms with Gasteiger partial charge in [-0.05, 0) is 32.6 Å². The lowest BCUT2D eigenvalue weighted by Crippen LogP contribution is -2.51. The lowest BCUT2D eigenvalue weighted by molar-refractivity contribution is 0.0218. The van der Waals surface area contributed by atoms with Gasteiger partial charge >= 0.3 is 0 Å². The van der Waals surface area contributed by atoms with Crippen LogP contribution in [0.25, 0.3) is 0 Å². The molecule has 3 fully saturated rings. The molecule has 11 heavy (non-hydrogen) atoms. The van der Waals surface area contributed by atoms with Gasteiger partial charge in [0.25, 0.3) is 0 Å². The van der Waals surface area contributed by atoms with Gasteiger partial charge in [0.05, 0.1) is 6.61 Å². The Hall–Kier alpha value is -0.0800. The van der Waals surface area contributed by atoms with E-state index in [9.17, 15) is 5.11 Å². The molecule has 3 aliphatic rings. The number of hydrogen-bond acceptors (Lipinski definition) is 2. The summed E-state index contributed by atoms with van der Waals surface area (Å²) in [5, 5.41) is 9.24. The molecule has 2 nitrogen and oxygen atoms in total. The van der Waals surface area contributed by atoms with Crippen LogP contribution in [0.1, 0.15) is 26.7 Å². The van der Waals surface area contributed by atoms with Crippen molar-refractivity contribution in [2.45, 2.75) is 38.3 Å². The van der Waals surface area contributed by atoms with E-state index in [0.717, 1.165) is 5.92 Å². The molecule has 2 heterocycles. The van der Waals surface area contributed by atoms with Crippen LogP contribution in [0.15, 0.2) is 0 Å². The van der Waals surface area contributed by atoms with E-state index >= 15 is 0 Å². The van der Waals surface area contributed by atoms with Gasteiger partial charge in [0.2, 0.25) is 0 Å². The zero-order valence-electron chi connectivity index (χ0n) is 7.38. The number of hydrogen-bond donors (Lipinski definition) is 1. The van der Waals surface area contributed by atoms with Gasteiger partial charge in [-0.25, -0.2) is 0 Å². The highest BCUT2D eigenvalue weighted by molar-refractivity contribution is 5.10. The number of aliphatic hydroxyl groups excluding tert-OH is 1. The van der Waals surface area contributed by atoms with E-state index in [1.165, 1.54) is 19.4 Å². The number of fused-ring (bicyclic) bond motifs is 1. The second-order valence-corrected chi connectivity index (χ2v) is 4.40. The molecule has 2 heteroatoms. The Morgan fingerprint density at radius 2 is 2.18 bits per heavy atom. The van der Waals surface area contributed by atoms with Crippen LogP contribution in [-0.4, -0.2) is 34.7 Å². The summed E-state index contributed by atoms with van der Waals surface area (Å²) in [4.78, 5) is 2.47. The third kappa shape index (κ3) is 0.859. The van der Waals surface area contributed by atoms with Crippen molar-refractivity contribution >= 4 is 0 Å². The van der Waals surface area contributed by atoms with Gasteiger partial charge in [-0.15, -0.1) is 0 Å². The highest BCUT2D eigenvalue weighted by Gasteiger charge is 2.55. The second kappa shape index (κ2) is 2.20. The monoisotopic (exact) mass is 155 g/mol. The minimum absolute atomic E-state index is 0.207. The van der Waals surface area contributed by atoms with Crippen molar-refractivity contribution in [2.24, 2.45) is 5.92 Å². The summed E-state index contributed by atoms with van der Waals surface area (Å²) in [6, 6.07) is 0.606. The molecule has 0 aromatic carbocycles. The molecule has 0 atom stereocenters. The minimum Gasteiger partial charge on any atom is -0.394 e. The molecule has 0 spiro atoms. The zero-order chi connectivity index (χ0) is 8.06. The molecule has 0 aromatic rings. The largest absolute Gasteiger partial charge is 0.394 e. The molecule has 2 aliphatic heterocycles. The summed E-state index contributed by atoms with van der Waals surface area (Å²) in [5.74, 6) is 0.893. The molecule has 0 radical (unpaired) electrons. The average molecular weight is 155 g/mol. The SMILES string of the molecule is CC(C)N1CC2CC1(CO)C2. The summed E-state index contributed by atoms with van der Waals surface area (Å²) in [6.45, 7) is 6.02. The summed E-state index contributed by atoms with van der Waals surface area (Å²) in [7, 11) is 0. The maximum absolute atomic E-state index is 9.24. The van der Waals surface area contributed by atoms with Crippen molar-refractivity contribution in [1.82, 2.24) is 4.90 Å². The number of rotatable bonds is 2. The van der Waals surface area contributed by atoms with E-state index in [1.54, 1.807) is 0 Å². The van der Waals surface area contributed by atoms with Crippen molar-refractivity contribution in [3.8, 4) is 0 Å². The summed E-state index contributed by atoms with van der Waals surface area (Å²) in [5.41, 5.74) is 0.207. The fourth-order valence-corrected chi connectivity index (χ4v) is 2.83. The molecular formula is C9H17NO. The third-order valence-corrected chi connectivity index (χ3v) is 3.32. The van der Waals surface area contributed by atoms with Crippen LogP contribution >= 0.6 is 0 Å². The van der Waals surface area contributed by atoms with E-state index in [4.69, 9.17) is 0 Å². The van der Waals surface area contributed by atoms with Gasteiger partial charge in [0.1, 0.15) is 0 Å². The molecular weight excluding hydrogens is 138 g/mol. The predicted molar refractivity (Wildman–Crippen MR) is 44.4 cm³/mol. The first-order chi connectivity index (χ1) is 5.18. The number of nitrogens with zero attached hydrogens (tertiary/aromatic N) is 1. The smallest absolute Gasteiger partial charge is 0.0615 e. The molecule has 1 saturated carbocycles. The van der Waals surface area contributed by atoms with E-state index in [1.807, 2.05) is 0 Å². The van der Waals surface area contributed by atoms with Gasteiger partial charge in [0.15, 0.2) is 0 Å². The van der Waals surface area contributed by atoms with E-state index in [0.29, 0.717) is 12.6 Å². The quantitative estimate of drug-likeness (QED) is 0.639. The Bertz CT molecular complexity index is 161. The van der Waals surface area contributed by atoms with Crippen molar-refractivity contribution in [3.05, 3.63) is 0 Å². The van der Waals surface area contributed by atoms with Crippen LogP contribution in [0.3, 0.4) is 0 Å². The van der Waals surface area contributed by atoms with E-state index in [2.05, 4.69) is 18.7 Å². The topological polar surface area (TPSA) is 23.5 Å². The van der Waals surface area contributed by atoms with Gasteiger partial charge < -0.3 is 5.11 Å². The molecule has 0 unspecified atom stereocenters. The van der Waals surface area contributed by atoms with Crippen LogP contribution in [0.4, 0.5) is 0 Å². The molecule has 0 aromatic heterocycles. The van der Waals surface area contributed by atoms with Crippen molar-refractivity contribution < 1.29 is 5.11 Å². The Balaban J connectivity index is 2.11. The molecule has 1 N–H and O–H groups in total. The van der Waals surface area contributed by atoms with Gasteiger partial charge in [-0.2, -0.15) is 0 Å². The Morgan fingerprint density at radius 3 is 2.55 bits per heavy atom. The fraction of sp³-hybridized carbons (Fsp3) is 1.00. The molecule has 0 amide bonds. The van der Waals surface area contributed by atoms with Crippen molar-refractivity contribution in [1.29, 1.82) is 0 Å². The lowest BCUT2D eigenvalue weighted by Gasteiger charge is -2.42. The zero-order valence-corrected chi connectivity index (χ0v) is 7.38. The first kappa shape index (κ1) is 7.56. The maximum atomic E-state index is 9.24. The summed E-state index contributed by atoms with van der Waals surface area (Å²) >= 11 is 0. The first-order valence-electron chi connectivity index (χ1n) is 4.55. The first-order valence-corrected chi connectivity index (χ1v) is 4.55. The van der Waals surface area contributed by atoms with Crippen molar-refractivity contribution in [3.63, 3.8) is 0 Å². The van der Waals surface area contributed by atoms with Gasteiger partial charge in [-0.3, -0.25) is 4.90 Å². The summed E-state index contributed by atoms with van der Waals surface area (Å²) in [6.07, 6.45) is 2.48. The lowest BCUT2D eigenvalue weighted by atomic mass is 9.74. The highest BCUT2D eigenvalue weighted by atomic mass is 16.3. The van der Waals surface area contributed by atoms with Crippen LogP contribution in [0.2, 0.25) is 0 Å². The third-order valence-electron chi connectivity index (χ3n) is 3.32. The summed E-state index contributed by atoms with van der Waals surface area (Å²) < 4.78 is 0. The Labute approximate surface area is 68.2 Å². The van der Waals surface area contributed by atoms with Gasteiger partial charge in [0, 0.05) is 18.1 Å². The normalized spacial score (nSPS) is 43.1. The van der Waals surface area contributed by atoms with E-state index < -0.39 is 0 Å². The second-order valence-electron chi connectivity index (χ2n) is 4.40. The maximum Gasteiger partial charge on any atom is 0.0615 e. The molecule has 64 valence electrons. The molecule has 1 aliphatic carbocycles. The van der Waals surface area contributed by atoms with Crippen LogP contribution in [-0.2, 0) is 0 Å². The predicted octanol–water partition coefficient (Wildman–Crippen LogP) is 0.851. The minimum atomic E-state index is 0.207. The highest BCUT2D eigenvalue weighted by Crippen LogP contribution is 2.50. The average Bonchev–Trinajstić information content (AvgIpc) is 2.37. The number of aliphatic hydroxyl groups is 1. The van der Waals surface area contributed by atoms with Crippen LogP contribution < -0.4 is 0 Å². The Kier molecular flexibility index (Phi) is 1.52. The van der Waals surface area contributed by atoms with Gasteiger partial charge in [-0.1, -0.05) is 0 Å². The molecule has 2 saturated heterocycles. The molecule has 2 bridgehead atoms. The fourth-order valence-electron chi connectivity index (χ4n) is 2.83. The van der Waals surface area contributed by atoms with Crippen LogP contribution in [0, 0.1) is 5.92 Å². The van der Waals surface area contributed by atoms with Crippen molar-refractivity contribution in [2.75, 3.05) is 13.2 Å². The van der Waals surface area contributed by atoms with Crippen LogP contribution in [0.5, 0.6) is 0 Å².